The van der Waals surface area contributed by atoms with Crippen molar-refractivity contribution in [1.29, 1.82) is 0 Å². The molecule has 2 atom stereocenters. The Morgan fingerprint density at radius 2 is 2.50 bits per heavy atom. The molecule has 0 spiro atoms. The molecule has 1 aromatic heterocycles. The van der Waals surface area contributed by atoms with Crippen molar-refractivity contribution in [2.75, 3.05) is 13.1 Å². The lowest BCUT2D eigenvalue weighted by Crippen LogP contribution is -2.36. The van der Waals surface area contributed by atoms with Crippen molar-refractivity contribution >= 4 is 46.1 Å². The molecule has 2 unspecified atom stereocenters. The minimum absolute atomic E-state index is 0. The Hall–Kier alpha value is 0.320. The number of hydrogen-bond acceptors (Lipinski definition) is 4. The van der Waals surface area contributed by atoms with Gasteiger partial charge in [0.1, 0.15) is 0 Å². The van der Waals surface area contributed by atoms with Gasteiger partial charge >= 0.3 is 0 Å². The van der Waals surface area contributed by atoms with Gasteiger partial charge in [-0.25, -0.2) is 4.98 Å². The fourth-order valence-corrected chi connectivity index (χ4v) is 4.33. The second-order valence-corrected chi connectivity index (χ2v) is 6.99. The Labute approximate surface area is 113 Å². The molecule has 3 nitrogen and oxygen atoms in total. The first-order valence-corrected chi connectivity index (χ1v) is 7.51. The SMILES string of the molecule is Cl.O=S(Cc1cnc(Cl)s1)C1CCCNC1. The van der Waals surface area contributed by atoms with Gasteiger partial charge in [0.2, 0.25) is 0 Å². The van der Waals surface area contributed by atoms with E-state index >= 15 is 0 Å². The largest absolute Gasteiger partial charge is 0.316 e. The van der Waals surface area contributed by atoms with Crippen LogP contribution in [-0.2, 0) is 16.6 Å². The number of nitrogens with one attached hydrogen (secondary N) is 1. The van der Waals surface area contributed by atoms with Crippen LogP contribution in [0.15, 0.2) is 6.20 Å². The maximum Gasteiger partial charge on any atom is 0.183 e. The average Bonchev–Trinajstić information content (AvgIpc) is 2.65. The third kappa shape index (κ3) is 3.96. The summed E-state index contributed by atoms with van der Waals surface area (Å²) >= 11 is 7.15. The predicted octanol–water partition coefficient (Wildman–Crippen LogP) is 2.22. The predicted molar refractivity (Wildman–Crippen MR) is 72.1 cm³/mol. The number of aromatic nitrogens is 1. The Morgan fingerprint density at radius 1 is 1.69 bits per heavy atom. The van der Waals surface area contributed by atoms with E-state index in [-0.39, 0.29) is 12.4 Å². The van der Waals surface area contributed by atoms with Crippen molar-refractivity contribution < 1.29 is 4.21 Å². The summed E-state index contributed by atoms with van der Waals surface area (Å²) in [6, 6.07) is 0. The summed E-state index contributed by atoms with van der Waals surface area (Å²) in [6.45, 7) is 1.93. The summed E-state index contributed by atoms with van der Waals surface area (Å²) in [7, 11) is -0.795. The van der Waals surface area contributed by atoms with Crippen molar-refractivity contribution in [1.82, 2.24) is 10.3 Å². The van der Waals surface area contributed by atoms with E-state index < -0.39 is 10.8 Å². The topological polar surface area (TPSA) is 42.0 Å². The van der Waals surface area contributed by atoms with Gasteiger partial charge in [-0.15, -0.1) is 23.7 Å². The minimum atomic E-state index is -0.795. The van der Waals surface area contributed by atoms with Crippen LogP contribution in [0.4, 0.5) is 0 Å². The van der Waals surface area contributed by atoms with Gasteiger partial charge < -0.3 is 5.32 Å². The fraction of sp³-hybridized carbons (Fsp3) is 0.667. The molecule has 0 saturated carbocycles. The zero-order valence-corrected chi connectivity index (χ0v) is 11.9. The van der Waals surface area contributed by atoms with Gasteiger partial charge in [-0.1, -0.05) is 11.6 Å². The summed E-state index contributed by atoms with van der Waals surface area (Å²) in [5.74, 6) is 0.594. The highest BCUT2D eigenvalue weighted by Crippen LogP contribution is 2.21. The van der Waals surface area contributed by atoms with Crippen LogP contribution in [0.1, 0.15) is 17.7 Å². The molecule has 0 radical (unpaired) electrons. The van der Waals surface area contributed by atoms with Crippen LogP contribution in [0, 0.1) is 0 Å². The van der Waals surface area contributed by atoms with Crippen LogP contribution in [0.25, 0.3) is 0 Å². The Balaban J connectivity index is 0.00000128. The summed E-state index contributed by atoms with van der Waals surface area (Å²) in [4.78, 5) is 4.97. The van der Waals surface area contributed by atoms with Gasteiger partial charge in [0.25, 0.3) is 0 Å². The average molecular weight is 301 g/mol. The van der Waals surface area contributed by atoms with E-state index in [2.05, 4.69) is 10.3 Å². The monoisotopic (exact) mass is 300 g/mol. The van der Waals surface area contributed by atoms with E-state index in [0.29, 0.717) is 15.5 Å². The molecule has 0 amide bonds. The van der Waals surface area contributed by atoms with Gasteiger partial charge in [0.05, 0.1) is 5.75 Å². The van der Waals surface area contributed by atoms with Crippen molar-refractivity contribution in [3.05, 3.63) is 15.5 Å². The van der Waals surface area contributed by atoms with Crippen LogP contribution in [-0.4, -0.2) is 27.5 Å². The molecular weight excluding hydrogens is 287 g/mol. The molecule has 1 N–H and O–H groups in total. The maximum absolute atomic E-state index is 12.0. The van der Waals surface area contributed by atoms with Gasteiger partial charge in [-0.05, 0) is 19.4 Å². The van der Waals surface area contributed by atoms with Crippen molar-refractivity contribution in [2.24, 2.45) is 0 Å². The first-order chi connectivity index (χ1) is 7.25. The molecule has 1 saturated heterocycles. The molecule has 7 heteroatoms. The first kappa shape index (κ1) is 14.4. The molecular formula is C9H14Cl2N2OS2. The number of nitrogens with zero attached hydrogens (tertiary/aromatic N) is 1. The van der Waals surface area contributed by atoms with Crippen molar-refractivity contribution in [3.8, 4) is 0 Å². The zero-order chi connectivity index (χ0) is 10.7. The molecule has 2 heterocycles. The molecule has 16 heavy (non-hydrogen) atoms. The fourth-order valence-electron chi connectivity index (χ4n) is 1.65. The van der Waals surface area contributed by atoms with Crippen molar-refractivity contribution in [2.45, 2.75) is 23.8 Å². The Kier molecular flexibility index (Phi) is 6.21. The van der Waals surface area contributed by atoms with Crippen LogP contribution in [0.2, 0.25) is 4.47 Å². The Bertz CT molecular complexity index is 353. The van der Waals surface area contributed by atoms with E-state index in [1.807, 2.05) is 0 Å². The summed E-state index contributed by atoms with van der Waals surface area (Å²) in [6.07, 6.45) is 3.91. The smallest absolute Gasteiger partial charge is 0.183 e. The summed E-state index contributed by atoms with van der Waals surface area (Å²) < 4.78 is 12.5. The summed E-state index contributed by atoms with van der Waals surface area (Å²) in [5, 5.41) is 3.57. The molecule has 1 aliphatic rings. The van der Waals surface area contributed by atoms with E-state index in [0.717, 1.165) is 30.8 Å². The van der Waals surface area contributed by atoms with E-state index in [1.165, 1.54) is 11.3 Å². The number of hydrogen-bond donors (Lipinski definition) is 1. The molecule has 0 bridgehead atoms. The van der Waals surface area contributed by atoms with E-state index in [9.17, 15) is 4.21 Å². The van der Waals surface area contributed by atoms with Gasteiger partial charge in [-0.2, -0.15) is 0 Å². The second-order valence-electron chi connectivity index (χ2n) is 3.57. The molecule has 2 rings (SSSR count). The van der Waals surface area contributed by atoms with Crippen LogP contribution >= 0.6 is 35.3 Å². The highest BCUT2D eigenvalue weighted by Gasteiger charge is 2.20. The quantitative estimate of drug-likeness (QED) is 0.931. The van der Waals surface area contributed by atoms with E-state index in [4.69, 9.17) is 11.6 Å². The standard InChI is InChI=1S/C9H13ClN2OS2.ClH/c10-9-12-4-7(14-9)6-15(13)8-2-1-3-11-5-8;/h4,8,11H,1-3,5-6H2;1H. The highest BCUT2D eigenvalue weighted by molar-refractivity contribution is 7.85. The lowest BCUT2D eigenvalue weighted by Gasteiger charge is -2.21. The van der Waals surface area contributed by atoms with Crippen LogP contribution < -0.4 is 5.32 Å². The van der Waals surface area contributed by atoms with Gasteiger partial charge in [-0.3, -0.25) is 4.21 Å². The van der Waals surface area contributed by atoms with Gasteiger partial charge in [0.15, 0.2) is 4.47 Å². The molecule has 92 valence electrons. The maximum atomic E-state index is 12.0. The zero-order valence-electron chi connectivity index (χ0n) is 8.65. The molecule has 1 aliphatic heterocycles. The normalized spacial score (nSPS) is 22.4. The van der Waals surface area contributed by atoms with Crippen molar-refractivity contribution in [3.63, 3.8) is 0 Å². The lowest BCUT2D eigenvalue weighted by atomic mass is 10.2. The molecule has 1 fully saturated rings. The third-order valence-electron chi connectivity index (χ3n) is 2.43. The lowest BCUT2D eigenvalue weighted by molar-refractivity contribution is 0.519. The number of rotatable bonds is 3. The first-order valence-electron chi connectivity index (χ1n) is 4.94. The molecule has 0 aliphatic carbocycles. The van der Waals surface area contributed by atoms with Crippen LogP contribution in [0.3, 0.4) is 0 Å². The second kappa shape index (κ2) is 6.91. The van der Waals surface area contributed by atoms with Gasteiger partial charge in [0, 0.05) is 33.7 Å². The minimum Gasteiger partial charge on any atom is -0.316 e. The third-order valence-corrected chi connectivity index (χ3v) is 5.47. The Morgan fingerprint density at radius 3 is 3.06 bits per heavy atom. The summed E-state index contributed by atoms with van der Waals surface area (Å²) in [5.41, 5.74) is 0. The number of halogens is 2. The van der Waals surface area contributed by atoms with E-state index in [1.54, 1.807) is 6.20 Å². The number of piperidine rings is 1. The molecule has 1 aromatic rings. The molecule has 0 aromatic carbocycles. The number of thiazole rings is 1. The highest BCUT2D eigenvalue weighted by atomic mass is 35.5. The van der Waals surface area contributed by atoms with Crippen LogP contribution in [0.5, 0.6) is 0 Å².